The van der Waals surface area contributed by atoms with E-state index in [0.717, 1.165) is 11.3 Å². The van der Waals surface area contributed by atoms with Crippen molar-refractivity contribution < 1.29 is 13.9 Å². The molecule has 2 aromatic carbocycles. The minimum Gasteiger partial charge on any atom is -0.497 e. The molecule has 1 amide bonds. The van der Waals surface area contributed by atoms with Crippen LogP contribution in [0.3, 0.4) is 0 Å². The van der Waals surface area contributed by atoms with E-state index in [0.29, 0.717) is 28.5 Å². The molecule has 6 heteroatoms. The van der Waals surface area contributed by atoms with Crippen LogP contribution in [-0.2, 0) is 0 Å². The molecular formula is C21H17ClN2O3. The normalized spacial score (nSPS) is 16.3. The van der Waals surface area contributed by atoms with Gasteiger partial charge in [0.05, 0.1) is 30.0 Å². The largest absolute Gasteiger partial charge is 0.497 e. The molecule has 2 heterocycles. The topological polar surface area (TPSA) is 55.0 Å². The quantitative estimate of drug-likeness (QED) is 0.644. The van der Waals surface area contributed by atoms with E-state index in [4.69, 9.17) is 20.8 Å². The second kappa shape index (κ2) is 7.29. The molecule has 5 nitrogen and oxygen atoms in total. The SMILES string of the molecule is COc1cccc([C@@H]2CC(c3ccco3)=NN2C(=O)c2ccccc2Cl)c1. The summed E-state index contributed by atoms with van der Waals surface area (Å²) >= 11 is 6.24. The third kappa shape index (κ3) is 3.34. The molecule has 136 valence electrons. The first-order chi connectivity index (χ1) is 13.2. The number of carbonyl (C=O) groups is 1. The number of carbonyl (C=O) groups excluding carboxylic acids is 1. The van der Waals surface area contributed by atoms with E-state index in [9.17, 15) is 4.79 Å². The Morgan fingerprint density at radius 2 is 2.04 bits per heavy atom. The minimum atomic E-state index is -0.274. The van der Waals surface area contributed by atoms with Crippen LogP contribution >= 0.6 is 11.6 Å². The molecule has 0 saturated carbocycles. The average molecular weight is 381 g/mol. The van der Waals surface area contributed by atoms with Crippen molar-refractivity contribution >= 4 is 23.2 Å². The zero-order valence-electron chi connectivity index (χ0n) is 14.6. The highest BCUT2D eigenvalue weighted by Crippen LogP contribution is 2.36. The summed E-state index contributed by atoms with van der Waals surface area (Å²) in [6.07, 6.45) is 2.13. The summed E-state index contributed by atoms with van der Waals surface area (Å²) in [6, 6.07) is 18.0. The fourth-order valence-electron chi connectivity index (χ4n) is 3.16. The molecule has 0 aliphatic carbocycles. The Morgan fingerprint density at radius 3 is 2.78 bits per heavy atom. The van der Waals surface area contributed by atoms with Gasteiger partial charge in [0.2, 0.25) is 0 Å². The Labute approximate surface area is 161 Å². The molecule has 3 aromatic rings. The number of furan rings is 1. The Kier molecular flexibility index (Phi) is 4.69. The van der Waals surface area contributed by atoms with Crippen LogP contribution in [-0.4, -0.2) is 23.7 Å². The number of halogens is 1. The maximum Gasteiger partial charge on any atom is 0.276 e. The predicted octanol–water partition coefficient (Wildman–Crippen LogP) is 4.93. The van der Waals surface area contributed by atoms with Gasteiger partial charge in [0.15, 0.2) is 0 Å². The molecule has 1 atom stereocenters. The van der Waals surface area contributed by atoms with Gasteiger partial charge in [0, 0.05) is 6.42 Å². The number of rotatable bonds is 4. The lowest BCUT2D eigenvalue weighted by Crippen LogP contribution is -2.27. The van der Waals surface area contributed by atoms with Crippen molar-refractivity contribution in [1.82, 2.24) is 5.01 Å². The van der Waals surface area contributed by atoms with Crippen LogP contribution in [0.1, 0.15) is 34.1 Å². The molecule has 0 radical (unpaired) electrons. The van der Waals surface area contributed by atoms with Gasteiger partial charge in [0.1, 0.15) is 17.2 Å². The molecule has 0 unspecified atom stereocenters. The predicted molar refractivity (Wildman–Crippen MR) is 103 cm³/mol. The second-order valence-corrected chi connectivity index (χ2v) is 6.56. The fourth-order valence-corrected chi connectivity index (χ4v) is 3.37. The molecule has 27 heavy (non-hydrogen) atoms. The van der Waals surface area contributed by atoms with Crippen LogP contribution in [0.5, 0.6) is 5.75 Å². The summed E-state index contributed by atoms with van der Waals surface area (Å²) in [5.41, 5.74) is 2.06. The smallest absolute Gasteiger partial charge is 0.276 e. The number of hydrogen-bond donors (Lipinski definition) is 0. The average Bonchev–Trinajstić information content (AvgIpc) is 3.37. The summed E-state index contributed by atoms with van der Waals surface area (Å²) in [6.45, 7) is 0. The maximum absolute atomic E-state index is 13.2. The van der Waals surface area contributed by atoms with Crippen LogP contribution in [0.25, 0.3) is 0 Å². The van der Waals surface area contributed by atoms with Crippen molar-refractivity contribution in [2.45, 2.75) is 12.5 Å². The van der Waals surface area contributed by atoms with Gasteiger partial charge < -0.3 is 9.15 Å². The monoisotopic (exact) mass is 380 g/mol. The summed E-state index contributed by atoms with van der Waals surface area (Å²) < 4.78 is 10.8. The molecule has 0 bridgehead atoms. The Morgan fingerprint density at radius 1 is 1.19 bits per heavy atom. The third-order valence-corrected chi connectivity index (χ3v) is 4.84. The van der Waals surface area contributed by atoms with Gasteiger partial charge in [0.25, 0.3) is 5.91 Å². The number of amides is 1. The molecule has 0 fully saturated rings. The number of nitrogens with zero attached hydrogens (tertiary/aromatic N) is 2. The molecule has 1 aliphatic heterocycles. The van der Waals surface area contributed by atoms with Crippen molar-refractivity contribution in [3.05, 3.63) is 88.8 Å². The minimum absolute atomic E-state index is 0.255. The Balaban J connectivity index is 1.75. The lowest BCUT2D eigenvalue weighted by atomic mass is 10.00. The first kappa shape index (κ1) is 17.4. The van der Waals surface area contributed by atoms with Gasteiger partial charge in [-0.3, -0.25) is 4.79 Å². The number of hydrogen-bond acceptors (Lipinski definition) is 4. The lowest BCUT2D eigenvalue weighted by Gasteiger charge is -2.22. The third-order valence-electron chi connectivity index (χ3n) is 4.51. The Hall–Kier alpha value is -3.05. The summed E-state index contributed by atoms with van der Waals surface area (Å²) in [5.74, 6) is 1.12. The lowest BCUT2D eigenvalue weighted by molar-refractivity contribution is 0.0711. The van der Waals surface area contributed by atoms with E-state index in [1.54, 1.807) is 43.7 Å². The summed E-state index contributed by atoms with van der Waals surface area (Å²) in [5, 5.41) is 6.45. The van der Waals surface area contributed by atoms with Crippen LogP contribution in [0.4, 0.5) is 0 Å². The van der Waals surface area contributed by atoms with Gasteiger partial charge >= 0.3 is 0 Å². The highest BCUT2D eigenvalue weighted by atomic mass is 35.5. The standard InChI is InChI=1S/C21H17ClN2O3/c1-26-15-7-4-6-14(12-15)19-13-18(20-10-5-11-27-20)23-24(19)21(25)16-8-2-3-9-17(16)22/h2-12,19H,13H2,1H3/t19-/m0/s1. The molecule has 0 spiro atoms. The first-order valence-corrected chi connectivity index (χ1v) is 8.88. The van der Waals surface area contributed by atoms with Crippen LogP contribution in [0.15, 0.2) is 76.4 Å². The first-order valence-electron chi connectivity index (χ1n) is 8.51. The van der Waals surface area contributed by atoms with Crippen LogP contribution < -0.4 is 4.74 Å². The van der Waals surface area contributed by atoms with Crippen molar-refractivity contribution in [1.29, 1.82) is 0 Å². The highest BCUT2D eigenvalue weighted by Gasteiger charge is 2.35. The van der Waals surface area contributed by atoms with E-state index in [1.165, 1.54) is 5.01 Å². The number of ether oxygens (including phenoxy) is 1. The summed E-state index contributed by atoms with van der Waals surface area (Å²) in [4.78, 5) is 13.2. The van der Waals surface area contributed by atoms with Crippen molar-refractivity contribution in [3.8, 4) is 5.75 Å². The van der Waals surface area contributed by atoms with E-state index < -0.39 is 0 Å². The molecular weight excluding hydrogens is 364 g/mol. The highest BCUT2D eigenvalue weighted by molar-refractivity contribution is 6.33. The van der Waals surface area contributed by atoms with Crippen LogP contribution in [0, 0.1) is 0 Å². The van der Waals surface area contributed by atoms with Crippen LogP contribution in [0.2, 0.25) is 5.02 Å². The van der Waals surface area contributed by atoms with Gasteiger partial charge in [-0.1, -0.05) is 35.9 Å². The number of methoxy groups -OCH3 is 1. The van der Waals surface area contributed by atoms with Crippen molar-refractivity contribution in [2.75, 3.05) is 7.11 Å². The van der Waals surface area contributed by atoms with Crippen molar-refractivity contribution in [2.24, 2.45) is 5.10 Å². The zero-order chi connectivity index (χ0) is 18.8. The van der Waals surface area contributed by atoms with Gasteiger partial charge in [-0.25, -0.2) is 5.01 Å². The fraction of sp³-hybridized carbons (Fsp3) is 0.143. The van der Waals surface area contributed by atoms with E-state index in [1.807, 2.05) is 30.3 Å². The van der Waals surface area contributed by atoms with E-state index >= 15 is 0 Å². The van der Waals surface area contributed by atoms with Gasteiger partial charge in [-0.15, -0.1) is 0 Å². The van der Waals surface area contributed by atoms with Gasteiger partial charge in [-0.2, -0.15) is 5.10 Å². The number of hydrazone groups is 1. The second-order valence-electron chi connectivity index (χ2n) is 6.15. The molecule has 1 aromatic heterocycles. The van der Waals surface area contributed by atoms with E-state index in [2.05, 4.69) is 5.10 Å². The zero-order valence-corrected chi connectivity index (χ0v) is 15.4. The molecule has 1 aliphatic rings. The number of benzene rings is 2. The maximum atomic E-state index is 13.2. The summed E-state index contributed by atoms with van der Waals surface area (Å²) in [7, 11) is 1.62. The Bertz CT molecular complexity index is 998. The molecule has 0 N–H and O–H groups in total. The molecule has 0 saturated heterocycles. The van der Waals surface area contributed by atoms with E-state index in [-0.39, 0.29) is 11.9 Å². The molecule has 4 rings (SSSR count). The van der Waals surface area contributed by atoms with Gasteiger partial charge in [-0.05, 0) is 42.0 Å². The van der Waals surface area contributed by atoms with Crippen molar-refractivity contribution in [3.63, 3.8) is 0 Å².